The normalized spacial score (nSPS) is 13.2. The first-order chi connectivity index (χ1) is 3.68. The van der Waals surface area contributed by atoms with Crippen LogP contribution in [0.2, 0.25) is 0 Å². The molecule has 0 spiro atoms. The summed E-state index contributed by atoms with van der Waals surface area (Å²) in [5, 5.41) is 8.74. The number of halogens is 1. The van der Waals surface area contributed by atoms with Crippen molar-refractivity contribution in [2.45, 2.75) is 5.38 Å². The van der Waals surface area contributed by atoms with Crippen molar-refractivity contribution in [1.29, 1.82) is 0 Å². The van der Waals surface area contributed by atoms with Gasteiger partial charge in [0.2, 0.25) is 0 Å². The summed E-state index contributed by atoms with van der Waals surface area (Å²) in [6.07, 6.45) is 0. The van der Waals surface area contributed by atoms with Gasteiger partial charge in [0.25, 0.3) is 0 Å². The minimum Gasteiger partial charge on any atom is -0.548 e. The van der Waals surface area contributed by atoms with Gasteiger partial charge in [-0.15, -0.1) is 11.6 Å². The van der Waals surface area contributed by atoms with Crippen LogP contribution in [0.5, 0.6) is 0 Å². The second-order valence-corrected chi connectivity index (χ2v) is 1.77. The summed E-state index contributed by atoms with van der Waals surface area (Å²) in [4.78, 5) is 9.77. The van der Waals surface area contributed by atoms with Crippen LogP contribution in [-0.2, 0) is 9.53 Å². The van der Waals surface area contributed by atoms with E-state index in [0.29, 0.717) is 0 Å². The molecule has 4 heteroatoms. The third kappa shape index (κ3) is 2.82. The molecule has 0 N–H and O–H groups in total. The van der Waals surface area contributed by atoms with Gasteiger partial charge in [0.15, 0.2) is 0 Å². The Kier molecular flexibility index (Phi) is 3.56. The third-order valence-corrected chi connectivity index (χ3v) is 0.873. The van der Waals surface area contributed by atoms with Crippen LogP contribution in [0.4, 0.5) is 0 Å². The Labute approximate surface area is 52.2 Å². The Bertz CT molecular complexity index is 83.4. The maximum atomic E-state index is 9.77. The SMILES string of the molecule is COC[C@@H](Cl)C(=O)[O-]. The smallest absolute Gasteiger partial charge is 0.0963 e. The lowest BCUT2D eigenvalue weighted by molar-refractivity contribution is -0.305. The molecule has 8 heavy (non-hydrogen) atoms. The van der Waals surface area contributed by atoms with Crippen LogP contribution < -0.4 is 5.11 Å². The average Bonchev–Trinajstić information content (AvgIpc) is 1.67. The van der Waals surface area contributed by atoms with Crippen LogP contribution in [0.15, 0.2) is 0 Å². The highest BCUT2D eigenvalue weighted by molar-refractivity contribution is 6.29. The van der Waals surface area contributed by atoms with Crippen molar-refractivity contribution < 1.29 is 14.6 Å². The Hall–Kier alpha value is -0.280. The number of carbonyl (C=O) groups is 1. The van der Waals surface area contributed by atoms with Crippen LogP contribution in [0.25, 0.3) is 0 Å². The molecule has 0 aliphatic carbocycles. The Morgan fingerprint density at radius 3 is 2.62 bits per heavy atom. The first-order valence-electron chi connectivity index (χ1n) is 2.02. The van der Waals surface area contributed by atoms with Crippen molar-refractivity contribution >= 4 is 17.6 Å². The minimum absolute atomic E-state index is 0.0100. The standard InChI is InChI=1S/C4H7ClO3/c1-8-2-3(5)4(6)7/h3H,2H2,1H3,(H,6,7)/p-1/t3-/m1/s1. The summed E-state index contributed by atoms with van der Waals surface area (Å²) < 4.78 is 4.41. The van der Waals surface area contributed by atoms with E-state index in [1.807, 2.05) is 0 Å². The highest BCUT2D eigenvalue weighted by Gasteiger charge is 2.01. The minimum atomic E-state index is -1.30. The van der Waals surface area contributed by atoms with Crippen molar-refractivity contribution in [3.8, 4) is 0 Å². The van der Waals surface area contributed by atoms with Gasteiger partial charge in [0.05, 0.1) is 18.0 Å². The molecule has 0 aromatic heterocycles. The largest absolute Gasteiger partial charge is 0.548 e. The van der Waals surface area contributed by atoms with Gasteiger partial charge in [-0.2, -0.15) is 0 Å². The molecule has 0 saturated carbocycles. The summed E-state index contributed by atoms with van der Waals surface area (Å²) >= 11 is 5.13. The molecule has 0 aliphatic heterocycles. The molecule has 0 amide bonds. The number of hydrogen-bond acceptors (Lipinski definition) is 3. The maximum Gasteiger partial charge on any atom is 0.0963 e. The van der Waals surface area contributed by atoms with Gasteiger partial charge >= 0.3 is 0 Å². The molecule has 0 rings (SSSR count). The topological polar surface area (TPSA) is 49.4 Å². The Morgan fingerprint density at radius 2 is 2.50 bits per heavy atom. The Morgan fingerprint density at radius 1 is 2.00 bits per heavy atom. The van der Waals surface area contributed by atoms with Gasteiger partial charge in [-0.1, -0.05) is 0 Å². The zero-order chi connectivity index (χ0) is 6.57. The van der Waals surface area contributed by atoms with Gasteiger partial charge in [-0.05, 0) is 0 Å². The van der Waals surface area contributed by atoms with Gasteiger partial charge in [-0.3, -0.25) is 0 Å². The van der Waals surface area contributed by atoms with Crippen molar-refractivity contribution in [3.05, 3.63) is 0 Å². The van der Waals surface area contributed by atoms with Gasteiger partial charge in [0.1, 0.15) is 0 Å². The number of carboxylic acid groups (broad SMARTS) is 1. The van der Waals surface area contributed by atoms with Crippen LogP contribution in [0.1, 0.15) is 0 Å². The lowest BCUT2D eigenvalue weighted by Gasteiger charge is -2.06. The van der Waals surface area contributed by atoms with Gasteiger partial charge in [0, 0.05) is 7.11 Å². The van der Waals surface area contributed by atoms with Crippen molar-refractivity contribution in [2.24, 2.45) is 0 Å². The van der Waals surface area contributed by atoms with Crippen LogP contribution in [0.3, 0.4) is 0 Å². The molecule has 0 fully saturated rings. The number of rotatable bonds is 3. The summed E-state index contributed by atoms with van der Waals surface area (Å²) in [6.45, 7) is -0.0100. The van der Waals surface area contributed by atoms with E-state index < -0.39 is 11.3 Å². The number of methoxy groups -OCH3 is 1. The third-order valence-electron chi connectivity index (χ3n) is 0.569. The van der Waals surface area contributed by atoms with Gasteiger partial charge < -0.3 is 14.6 Å². The first-order valence-corrected chi connectivity index (χ1v) is 2.46. The van der Waals surface area contributed by atoms with E-state index in [2.05, 4.69) is 4.74 Å². The fraction of sp³-hybridized carbons (Fsp3) is 0.750. The molecule has 0 aromatic rings. The lowest BCUT2D eigenvalue weighted by atomic mass is 10.5. The van der Waals surface area contributed by atoms with E-state index in [1.54, 1.807) is 0 Å². The molecule has 0 bridgehead atoms. The quantitative estimate of drug-likeness (QED) is 0.469. The number of alkyl halides is 1. The first kappa shape index (κ1) is 7.72. The van der Waals surface area contributed by atoms with E-state index >= 15 is 0 Å². The van der Waals surface area contributed by atoms with Crippen molar-refractivity contribution in [2.75, 3.05) is 13.7 Å². The maximum absolute atomic E-state index is 9.77. The van der Waals surface area contributed by atoms with Gasteiger partial charge in [-0.25, -0.2) is 0 Å². The predicted molar refractivity (Wildman–Crippen MR) is 26.5 cm³/mol. The second-order valence-electron chi connectivity index (χ2n) is 1.24. The van der Waals surface area contributed by atoms with E-state index in [4.69, 9.17) is 11.6 Å². The molecule has 48 valence electrons. The summed E-state index contributed by atoms with van der Waals surface area (Å²) in [7, 11) is 1.37. The number of aliphatic carboxylic acids is 1. The molecule has 0 radical (unpaired) electrons. The molecule has 3 nitrogen and oxygen atoms in total. The monoisotopic (exact) mass is 137 g/mol. The molecule has 1 atom stereocenters. The van der Waals surface area contributed by atoms with E-state index in [0.717, 1.165) is 0 Å². The number of hydrogen-bond donors (Lipinski definition) is 0. The number of carbonyl (C=O) groups excluding carboxylic acids is 1. The highest BCUT2D eigenvalue weighted by atomic mass is 35.5. The lowest BCUT2D eigenvalue weighted by Crippen LogP contribution is -2.34. The van der Waals surface area contributed by atoms with Crippen LogP contribution in [0, 0.1) is 0 Å². The van der Waals surface area contributed by atoms with Crippen LogP contribution in [-0.4, -0.2) is 25.1 Å². The Balaban J connectivity index is 3.32. The van der Waals surface area contributed by atoms with Crippen molar-refractivity contribution in [1.82, 2.24) is 0 Å². The highest BCUT2D eigenvalue weighted by Crippen LogP contribution is 1.92. The van der Waals surface area contributed by atoms with Crippen molar-refractivity contribution in [3.63, 3.8) is 0 Å². The van der Waals surface area contributed by atoms with Crippen LogP contribution >= 0.6 is 11.6 Å². The average molecular weight is 138 g/mol. The fourth-order valence-corrected chi connectivity index (χ4v) is 0.340. The molecule has 0 heterocycles. The molecule has 0 aromatic carbocycles. The predicted octanol–water partition coefficient (Wildman–Crippen LogP) is -1.01. The summed E-state index contributed by atoms with van der Waals surface area (Å²) in [5.74, 6) is -1.30. The number of ether oxygens (including phenoxy) is 1. The second kappa shape index (κ2) is 3.69. The zero-order valence-corrected chi connectivity index (χ0v) is 5.14. The summed E-state index contributed by atoms with van der Waals surface area (Å²) in [5.41, 5.74) is 0. The molecule has 0 saturated heterocycles. The van der Waals surface area contributed by atoms with E-state index in [1.165, 1.54) is 7.11 Å². The molecular weight excluding hydrogens is 131 g/mol. The fourth-order valence-electron chi connectivity index (χ4n) is 0.214. The zero-order valence-electron chi connectivity index (χ0n) is 4.39. The molecular formula is C4H6ClO3-. The number of carboxylic acids is 1. The molecule has 0 aliphatic rings. The summed E-state index contributed by atoms with van der Waals surface area (Å²) in [6, 6.07) is 0. The van der Waals surface area contributed by atoms with E-state index in [-0.39, 0.29) is 6.61 Å². The molecule has 0 unspecified atom stereocenters. The van der Waals surface area contributed by atoms with E-state index in [9.17, 15) is 9.90 Å².